The Bertz CT molecular complexity index is 784. The van der Waals surface area contributed by atoms with Gasteiger partial charge < -0.3 is 5.41 Å². The van der Waals surface area contributed by atoms with Crippen molar-refractivity contribution in [2.75, 3.05) is 0 Å². The molecule has 0 aromatic heterocycles. The molecule has 0 aliphatic rings. The fourth-order valence-corrected chi connectivity index (χ4v) is 2.92. The van der Waals surface area contributed by atoms with Gasteiger partial charge in [-0.1, -0.05) is 48.0 Å². The molecular formula is C19H18ClFN2. The van der Waals surface area contributed by atoms with E-state index < -0.39 is 5.82 Å². The highest BCUT2D eigenvalue weighted by molar-refractivity contribution is 6.77. The summed E-state index contributed by atoms with van der Waals surface area (Å²) in [6.45, 7) is 5.21. The Balaban J connectivity index is 2.89. The van der Waals surface area contributed by atoms with Gasteiger partial charge in [0.1, 0.15) is 11.0 Å². The summed E-state index contributed by atoms with van der Waals surface area (Å²) in [6.07, 6.45) is 0. The quantitative estimate of drug-likeness (QED) is 0.541. The zero-order valence-electron chi connectivity index (χ0n) is 13.3. The summed E-state index contributed by atoms with van der Waals surface area (Å²) in [5, 5.41) is 15.8. The monoisotopic (exact) mass is 328 g/mol. The van der Waals surface area contributed by atoms with Gasteiger partial charge in [0.25, 0.3) is 0 Å². The van der Waals surface area contributed by atoms with Gasteiger partial charge in [0.05, 0.1) is 0 Å². The summed E-state index contributed by atoms with van der Waals surface area (Å²) < 4.78 is 14.6. The summed E-state index contributed by atoms with van der Waals surface area (Å²) in [7, 11) is 0. The molecule has 0 saturated carbocycles. The maximum atomic E-state index is 14.6. The van der Waals surface area contributed by atoms with Crippen LogP contribution >= 0.6 is 11.6 Å². The van der Waals surface area contributed by atoms with E-state index in [4.69, 9.17) is 22.4 Å². The lowest BCUT2D eigenvalue weighted by atomic mass is 9.89. The van der Waals surface area contributed by atoms with Crippen molar-refractivity contribution < 1.29 is 4.39 Å². The molecule has 2 aromatic carbocycles. The normalized spacial score (nSPS) is 11.9. The van der Waals surface area contributed by atoms with Crippen molar-refractivity contribution in [1.82, 2.24) is 0 Å². The topological polar surface area (TPSA) is 47.7 Å². The fourth-order valence-electron chi connectivity index (χ4n) is 2.73. The van der Waals surface area contributed by atoms with Crippen LogP contribution in [-0.2, 0) is 0 Å². The second kappa shape index (κ2) is 6.88. The van der Waals surface area contributed by atoms with Gasteiger partial charge in [0.15, 0.2) is 0 Å². The van der Waals surface area contributed by atoms with Crippen LogP contribution in [0.1, 0.15) is 29.2 Å². The van der Waals surface area contributed by atoms with Crippen molar-refractivity contribution in [3.8, 4) is 0 Å². The Hall–Kier alpha value is -2.26. The Morgan fingerprint density at radius 3 is 2.09 bits per heavy atom. The number of nitrogens with one attached hydrogen (secondary N) is 2. The van der Waals surface area contributed by atoms with E-state index in [0.29, 0.717) is 11.1 Å². The van der Waals surface area contributed by atoms with E-state index in [1.54, 1.807) is 13.8 Å². The number of allylic oxidation sites excluding steroid dienone is 2. The molecule has 2 nitrogen and oxygen atoms in total. The first-order valence-corrected chi connectivity index (χ1v) is 7.57. The average Bonchev–Trinajstić information content (AvgIpc) is 2.45. The number of aryl methyl sites for hydroxylation is 2. The SMILES string of the molecule is CC(=N)/C(=C(\C(=N)Cl)c1c(C)cc(C)cc1F)c1ccccc1. The minimum absolute atomic E-state index is 0.232. The molecule has 0 saturated heterocycles. The molecule has 0 bridgehead atoms. The summed E-state index contributed by atoms with van der Waals surface area (Å²) in [4.78, 5) is 0. The first kappa shape index (κ1) is 17.1. The van der Waals surface area contributed by atoms with E-state index in [1.165, 1.54) is 6.07 Å². The molecule has 0 atom stereocenters. The smallest absolute Gasteiger partial charge is 0.131 e. The second-order valence-electron chi connectivity index (χ2n) is 5.49. The number of hydrogen-bond acceptors (Lipinski definition) is 2. The van der Waals surface area contributed by atoms with Crippen LogP contribution in [0.2, 0.25) is 0 Å². The molecule has 2 aromatic rings. The van der Waals surface area contributed by atoms with Crippen LogP contribution in [0.4, 0.5) is 4.39 Å². The van der Waals surface area contributed by atoms with E-state index in [2.05, 4.69) is 0 Å². The third-order valence-corrected chi connectivity index (χ3v) is 3.78. The van der Waals surface area contributed by atoms with Crippen LogP contribution in [0, 0.1) is 30.5 Å². The number of hydrogen-bond donors (Lipinski definition) is 2. The lowest BCUT2D eigenvalue weighted by Gasteiger charge is -2.17. The lowest BCUT2D eigenvalue weighted by Crippen LogP contribution is -2.08. The van der Waals surface area contributed by atoms with Gasteiger partial charge in [-0.2, -0.15) is 0 Å². The molecule has 0 heterocycles. The minimum atomic E-state index is -0.433. The van der Waals surface area contributed by atoms with Gasteiger partial charge >= 0.3 is 0 Å². The van der Waals surface area contributed by atoms with Crippen molar-refractivity contribution in [1.29, 1.82) is 10.8 Å². The predicted molar refractivity (Wildman–Crippen MR) is 96.1 cm³/mol. The van der Waals surface area contributed by atoms with Crippen LogP contribution in [0.5, 0.6) is 0 Å². The van der Waals surface area contributed by atoms with Crippen molar-refractivity contribution in [3.63, 3.8) is 0 Å². The number of benzene rings is 2. The van der Waals surface area contributed by atoms with Gasteiger partial charge in [-0.3, -0.25) is 5.41 Å². The highest BCUT2D eigenvalue weighted by atomic mass is 35.5. The maximum Gasteiger partial charge on any atom is 0.131 e. The molecular weight excluding hydrogens is 311 g/mol. The second-order valence-corrected chi connectivity index (χ2v) is 5.87. The molecule has 118 valence electrons. The van der Waals surface area contributed by atoms with Gasteiger partial charge in [0.2, 0.25) is 0 Å². The van der Waals surface area contributed by atoms with Crippen molar-refractivity contribution in [2.24, 2.45) is 0 Å². The van der Waals surface area contributed by atoms with Gasteiger partial charge in [-0.15, -0.1) is 0 Å². The van der Waals surface area contributed by atoms with Gasteiger partial charge in [-0.05, 0) is 43.5 Å². The van der Waals surface area contributed by atoms with E-state index in [-0.39, 0.29) is 22.0 Å². The maximum absolute atomic E-state index is 14.6. The van der Waals surface area contributed by atoms with Gasteiger partial charge in [-0.25, -0.2) is 4.39 Å². The predicted octanol–water partition coefficient (Wildman–Crippen LogP) is 5.61. The third-order valence-electron chi connectivity index (χ3n) is 3.59. The molecule has 0 unspecified atom stereocenters. The van der Waals surface area contributed by atoms with Crippen LogP contribution in [0.25, 0.3) is 11.1 Å². The zero-order valence-corrected chi connectivity index (χ0v) is 14.1. The molecule has 0 amide bonds. The molecule has 2 N–H and O–H groups in total. The largest absolute Gasteiger partial charge is 0.305 e. The Labute approximate surface area is 140 Å². The van der Waals surface area contributed by atoms with E-state index in [1.807, 2.05) is 43.3 Å². The summed E-state index contributed by atoms with van der Waals surface area (Å²) in [6, 6.07) is 12.5. The van der Waals surface area contributed by atoms with Crippen molar-refractivity contribution >= 4 is 33.6 Å². The Morgan fingerprint density at radius 1 is 1.00 bits per heavy atom. The third kappa shape index (κ3) is 3.57. The van der Waals surface area contributed by atoms with Crippen LogP contribution < -0.4 is 0 Å². The van der Waals surface area contributed by atoms with E-state index >= 15 is 0 Å². The van der Waals surface area contributed by atoms with E-state index in [9.17, 15) is 4.39 Å². The molecule has 0 aliphatic heterocycles. The molecule has 0 aliphatic carbocycles. The molecule has 0 fully saturated rings. The summed E-state index contributed by atoms with van der Waals surface area (Å²) in [5.74, 6) is -0.433. The molecule has 23 heavy (non-hydrogen) atoms. The fraction of sp³-hybridized carbons (Fsp3) is 0.158. The van der Waals surface area contributed by atoms with Crippen molar-refractivity contribution in [2.45, 2.75) is 20.8 Å². The summed E-state index contributed by atoms with van der Waals surface area (Å²) in [5.41, 5.74) is 3.46. The highest BCUT2D eigenvalue weighted by Crippen LogP contribution is 2.33. The number of halogens is 2. The van der Waals surface area contributed by atoms with E-state index in [0.717, 1.165) is 11.1 Å². The Kier molecular flexibility index (Phi) is 5.12. The average molecular weight is 329 g/mol. The zero-order chi connectivity index (χ0) is 17.1. The van der Waals surface area contributed by atoms with Gasteiger partial charge in [0, 0.05) is 22.4 Å². The Morgan fingerprint density at radius 2 is 1.61 bits per heavy atom. The standard InChI is InChI=1S/C19H18ClFN2/c1-11-9-12(2)16(15(21)10-11)18(19(20)23)17(13(3)22)14-7-5-4-6-8-14/h4-10,22-23H,1-3H3/b18-17+,22-13?,23-19?. The highest BCUT2D eigenvalue weighted by Gasteiger charge is 2.21. The number of rotatable bonds is 4. The minimum Gasteiger partial charge on any atom is -0.305 e. The molecule has 4 heteroatoms. The first-order chi connectivity index (χ1) is 10.8. The molecule has 0 radical (unpaired) electrons. The van der Waals surface area contributed by atoms with Crippen LogP contribution in [0.15, 0.2) is 42.5 Å². The molecule has 2 rings (SSSR count). The lowest BCUT2D eigenvalue weighted by molar-refractivity contribution is 0.622. The van der Waals surface area contributed by atoms with Crippen molar-refractivity contribution in [3.05, 3.63) is 70.5 Å². The van der Waals surface area contributed by atoms with Crippen LogP contribution in [-0.4, -0.2) is 10.9 Å². The summed E-state index contributed by atoms with van der Waals surface area (Å²) >= 11 is 6.01. The van der Waals surface area contributed by atoms with Crippen LogP contribution in [0.3, 0.4) is 0 Å². The first-order valence-electron chi connectivity index (χ1n) is 7.19. The molecule has 0 spiro atoms.